The molecular weight excluding hydrogens is 444 g/mol. The number of nitrogens with zero attached hydrogens (tertiary/aromatic N) is 6. The lowest BCUT2D eigenvalue weighted by Crippen LogP contribution is -2.20. The van der Waals surface area contributed by atoms with Gasteiger partial charge in [-0.2, -0.15) is 9.90 Å². The average Bonchev–Trinajstić information content (AvgIpc) is 3.27. The Labute approximate surface area is 198 Å². The van der Waals surface area contributed by atoms with Gasteiger partial charge >= 0.3 is 0 Å². The number of aromatic nitrogens is 6. The lowest BCUT2D eigenvalue weighted by Gasteiger charge is -2.09. The van der Waals surface area contributed by atoms with Gasteiger partial charge in [-0.25, -0.2) is 15.0 Å². The van der Waals surface area contributed by atoms with Crippen LogP contribution in [0.1, 0.15) is 26.8 Å². The molecular formula is C22H27ClN8O2. The first-order chi connectivity index (χ1) is 15.6. The highest BCUT2D eigenvalue weighted by molar-refractivity contribution is 5.85. The summed E-state index contributed by atoms with van der Waals surface area (Å²) >= 11 is 0. The van der Waals surface area contributed by atoms with Gasteiger partial charge in [0.1, 0.15) is 18.1 Å². The monoisotopic (exact) mass is 470 g/mol. The van der Waals surface area contributed by atoms with E-state index in [4.69, 9.17) is 9.47 Å². The number of nitrogens with one attached hydrogen (secondary N) is 2. The second kappa shape index (κ2) is 11.4. The second-order valence-electron chi connectivity index (χ2n) is 7.32. The molecule has 1 aromatic carbocycles. The molecule has 0 amide bonds. The Balaban J connectivity index is 0.00000306. The standard InChI is InChI=1S/C22H26N8O2.ClH/c1-4-23-9-10-31-18-6-8-21(24-13-18)32-17-5-7-19-16(11-17)12-25-22(27-19)28-20-14-26-30(29-20)15(2)3;/h5-8,11-15,23H,4,9-10H2,1-3H3,(H,25,27,28,29);1H. The number of hydrogen-bond donors (Lipinski definition) is 2. The van der Waals surface area contributed by atoms with Gasteiger partial charge in [-0.3, -0.25) is 0 Å². The molecule has 0 bridgehead atoms. The van der Waals surface area contributed by atoms with E-state index in [1.807, 2.05) is 38.1 Å². The summed E-state index contributed by atoms with van der Waals surface area (Å²) in [5, 5.41) is 15.7. The van der Waals surface area contributed by atoms with Crippen LogP contribution in [0.25, 0.3) is 10.9 Å². The maximum absolute atomic E-state index is 5.86. The molecule has 3 heterocycles. The van der Waals surface area contributed by atoms with Crippen LogP contribution in [0.2, 0.25) is 0 Å². The van der Waals surface area contributed by atoms with Crippen LogP contribution in [-0.2, 0) is 0 Å². The van der Waals surface area contributed by atoms with Crippen LogP contribution >= 0.6 is 12.4 Å². The van der Waals surface area contributed by atoms with Gasteiger partial charge < -0.3 is 20.1 Å². The lowest BCUT2D eigenvalue weighted by molar-refractivity contribution is 0.313. The van der Waals surface area contributed by atoms with Crippen LogP contribution in [-0.4, -0.2) is 49.6 Å². The summed E-state index contributed by atoms with van der Waals surface area (Å²) in [6.45, 7) is 8.39. The fourth-order valence-electron chi connectivity index (χ4n) is 2.88. The van der Waals surface area contributed by atoms with E-state index in [2.05, 4.69) is 42.7 Å². The van der Waals surface area contributed by atoms with Crippen LogP contribution in [0, 0.1) is 0 Å². The van der Waals surface area contributed by atoms with Crippen LogP contribution < -0.4 is 20.1 Å². The van der Waals surface area contributed by atoms with Gasteiger partial charge in [0.15, 0.2) is 5.82 Å². The van der Waals surface area contributed by atoms with Crippen molar-refractivity contribution in [3.63, 3.8) is 0 Å². The van der Waals surface area contributed by atoms with Gasteiger partial charge in [-0.15, -0.1) is 17.5 Å². The van der Waals surface area contributed by atoms with Crippen LogP contribution in [0.5, 0.6) is 17.4 Å². The fraction of sp³-hybridized carbons (Fsp3) is 0.318. The summed E-state index contributed by atoms with van der Waals surface area (Å²) < 4.78 is 11.5. The first-order valence-electron chi connectivity index (χ1n) is 10.5. The molecule has 4 rings (SSSR count). The van der Waals surface area contributed by atoms with Crippen LogP contribution in [0.15, 0.2) is 48.9 Å². The molecule has 174 valence electrons. The molecule has 0 aliphatic carbocycles. The van der Waals surface area contributed by atoms with E-state index in [1.54, 1.807) is 29.5 Å². The molecule has 3 aromatic heterocycles. The molecule has 2 N–H and O–H groups in total. The van der Waals surface area contributed by atoms with E-state index < -0.39 is 0 Å². The third-order valence-corrected chi connectivity index (χ3v) is 4.49. The van der Waals surface area contributed by atoms with Gasteiger partial charge in [0.25, 0.3) is 0 Å². The van der Waals surface area contributed by atoms with E-state index in [0.29, 0.717) is 35.8 Å². The first-order valence-corrected chi connectivity index (χ1v) is 10.5. The molecule has 0 saturated heterocycles. The van der Waals surface area contributed by atoms with Crippen molar-refractivity contribution in [2.75, 3.05) is 25.0 Å². The Hall–Kier alpha value is -3.50. The number of halogens is 1. The van der Waals surface area contributed by atoms with Gasteiger partial charge in [0.2, 0.25) is 11.8 Å². The minimum absolute atomic E-state index is 0. The zero-order valence-electron chi connectivity index (χ0n) is 18.7. The summed E-state index contributed by atoms with van der Waals surface area (Å²) in [4.78, 5) is 14.8. The van der Waals surface area contributed by atoms with E-state index >= 15 is 0 Å². The minimum atomic E-state index is 0. The molecule has 0 saturated carbocycles. The number of anilines is 2. The molecule has 0 fully saturated rings. The van der Waals surface area contributed by atoms with Crippen molar-refractivity contribution in [3.05, 3.63) is 48.9 Å². The van der Waals surface area contributed by atoms with Crippen molar-refractivity contribution >= 4 is 35.1 Å². The van der Waals surface area contributed by atoms with E-state index in [9.17, 15) is 0 Å². The molecule has 0 unspecified atom stereocenters. The minimum Gasteiger partial charge on any atom is -0.491 e. The Bertz CT molecular complexity index is 1170. The SMILES string of the molecule is CCNCCOc1ccc(Oc2ccc3nc(Nc4cnn(C(C)C)n4)ncc3c2)nc1.Cl. The van der Waals surface area contributed by atoms with Crippen molar-refractivity contribution in [1.82, 2.24) is 35.3 Å². The Morgan fingerprint density at radius 1 is 1.03 bits per heavy atom. The molecule has 0 radical (unpaired) electrons. The lowest BCUT2D eigenvalue weighted by atomic mass is 10.2. The van der Waals surface area contributed by atoms with Crippen LogP contribution in [0.3, 0.4) is 0 Å². The zero-order valence-corrected chi connectivity index (χ0v) is 19.5. The number of ether oxygens (including phenoxy) is 2. The first kappa shape index (κ1) is 24.1. The third kappa shape index (κ3) is 6.50. The highest BCUT2D eigenvalue weighted by Crippen LogP contribution is 2.25. The zero-order chi connectivity index (χ0) is 22.3. The van der Waals surface area contributed by atoms with Gasteiger partial charge in [-0.05, 0) is 44.7 Å². The largest absolute Gasteiger partial charge is 0.491 e. The fourth-order valence-corrected chi connectivity index (χ4v) is 2.88. The predicted molar refractivity (Wildman–Crippen MR) is 129 cm³/mol. The summed E-state index contributed by atoms with van der Waals surface area (Å²) in [6.07, 6.45) is 5.04. The number of benzene rings is 1. The number of fused-ring (bicyclic) bond motifs is 1. The topological polar surface area (TPSA) is 112 Å². The smallest absolute Gasteiger partial charge is 0.229 e. The van der Waals surface area contributed by atoms with Crippen molar-refractivity contribution in [3.8, 4) is 17.4 Å². The van der Waals surface area contributed by atoms with Crippen LogP contribution in [0.4, 0.5) is 11.8 Å². The maximum atomic E-state index is 5.86. The highest BCUT2D eigenvalue weighted by Gasteiger charge is 2.08. The Morgan fingerprint density at radius 3 is 2.61 bits per heavy atom. The number of hydrogen-bond acceptors (Lipinski definition) is 9. The normalized spacial score (nSPS) is 10.8. The van der Waals surface area contributed by atoms with E-state index in [-0.39, 0.29) is 18.4 Å². The van der Waals surface area contributed by atoms with E-state index in [1.165, 1.54) is 0 Å². The number of likely N-dealkylation sites (N-methyl/N-ethyl adjacent to an activating group) is 1. The molecule has 0 aliphatic rings. The van der Waals surface area contributed by atoms with Crippen molar-refractivity contribution in [1.29, 1.82) is 0 Å². The maximum Gasteiger partial charge on any atom is 0.229 e. The van der Waals surface area contributed by atoms with Gasteiger partial charge in [0.05, 0.1) is 24.0 Å². The highest BCUT2D eigenvalue weighted by atomic mass is 35.5. The Kier molecular flexibility index (Phi) is 8.34. The summed E-state index contributed by atoms with van der Waals surface area (Å²) in [5.41, 5.74) is 0.781. The molecule has 10 nitrogen and oxygen atoms in total. The molecule has 33 heavy (non-hydrogen) atoms. The predicted octanol–water partition coefficient (Wildman–Crippen LogP) is 4.14. The van der Waals surface area contributed by atoms with Crippen molar-refractivity contribution < 1.29 is 9.47 Å². The summed E-state index contributed by atoms with van der Waals surface area (Å²) in [5.74, 6) is 2.88. The molecule has 0 aliphatic heterocycles. The van der Waals surface area contributed by atoms with E-state index in [0.717, 1.165) is 24.0 Å². The number of rotatable bonds is 10. The van der Waals surface area contributed by atoms with Crippen molar-refractivity contribution in [2.45, 2.75) is 26.8 Å². The summed E-state index contributed by atoms with van der Waals surface area (Å²) in [6, 6.07) is 9.39. The third-order valence-electron chi connectivity index (χ3n) is 4.49. The number of pyridine rings is 1. The molecule has 4 aromatic rings. The Morgan fingerprint density at radius 2 is 1.88 bits per heavy atom. The van der Waals surface area contributed by atoms with Crippen molar-refractivity contribution in [2.24, 2.45) is 0 Å². The quantitative estimate of drug-likeness (QED) is 0.330. The van der Waals surface area contributed by atoms with Gasteiger partial charge in [-0.1, -0.05) is 6.92 Å². The molecule has 11 heteroatoms. The van der Waals surface area contributed by atoms with Gasteiger partial charge in [0, 0.05) is 24.2 Å². The summed E-state index contributed by atoms with van der Waals surface area (Å²) in [7, 11) is 0. The average molecular weight is 471 g/mol. The second-order valence-corrected chi connectivity index (χ2v) is 7.32. The molecule has 0 atom stereocenters. The molecule has 0 spiro atoms.